The molecule has 4 unspecified atom stereocenters. The Bertz CT molecular complexity index is 461. The Morgan fingerprint density at radius 2 is 2.47 bits per heavy atom. The van der Waals surface area contributed by atoms with E-state index >= 15 is 0 Å². The molecule has 3 rings (SSSR count). The number of aromatic amines is 1. The van der Waals surface area contributed by atoms with Crippen molar-refractivity contribution < 1.29 is 4.74 Å². The van der Waals surface area contributed by atoms with Crippen molar-refractivity contribution in [2.75, 3.05) is 11.9 Å². The van der Waals surface area contributed by atoms with Crippen LogP contribution in [0.1, 0.15) is 12.8 Å². The predicted octanol–water partition coefficient (Wildman–Crippen LogP) is -0.314. The summed E-state index contributed by atoms with van der Waals surface area (Å²) in [6, 6.07) is 1.58. The van der Waals surface area contributed by atoms with Crippen LogP contribution in [-0.4, -0.2) is 34.8 Å². The summed E-state index contributed by atoms with van der Waals surface area (Å²) in [5, 5.41) is 3.19. The first-order chi connectivity index (χ1) is 8.25. The molecule has 1 saturated carbocycles. The molecule has 0 bridgehead atoms. The molecule has 2 aliphatic rings. The fourth-order valence-electron chi connectivity index (χ4n) is 2.74. The van der Waals surface area contributed by atoms with Gasteiger partial charge in [0.05, 0.1) is 18.5 Å². The highest BCUT2D eigenvalue weighted by atomic mass is 16.5. The first kappa shape index (κ1) is 10.7. The van der Waals surface area contributed by atoms with Gasteiger partial charge in [-0.1, -0.05) is 0 Å². The number of anilines is 1. The highest BCUT2D eigenvalue weighted by Gasteiger charge is 2.50. The van der Waals surface area contributed by atoms with Crippen LogP contribution in [0.5, 0.6) is 0 Å². The summed E-state index contributed by atoms with van der Waals surface area (Å²) in [4.78, 5) is 17.7. The molecule has 2 fully saturated rings. The van der Waals surface area contributed by atoms with Gasteiger partial charge in [0.15, 0.2) is 0 Å². The summed E-state index contributed by atoms with van der Waals surface area (Å²) >= 11 is 0. The molecule has 1 saturated heterocycles. The second-order valence-electron chi connectivity index (χ2n) is 4.69. The molecule has 2 heterocycles. The van der Waals surface area contributed by atoms with E-state index in [9.17, 15) is 4.79 Å². The van der Waals surface area contributed by atoms with E-state index in [0.29, 0.717) is 11.7 Å². The average Bonchev–Trinajstić information content (AvgIpc) is 2.36. The minimum Gasteiger partial charge on any atom is -0.376 e. The molecule has 0 spiro atoms. The number of rotatable bonds is 2. The van der Waals surface area contributed by atoms with Gasteiger partial charge in [0, 0.05) is 24.6 Å². The summed E-state index contributed by atoms with van der Waals surface area (Å²) < 4.78 is 5.71. The summed E-state index contributed by atoms with van der Waals surface area (Å²) in [5.74, 6) is 1.00. The maximum atomic E-state index is 11.1. The third kappa shape index (κ3) is 1.83. The molecule has 0 radical (unpaired) electrons. The van der Waals surface area contributed by atoms with Crippen LogP contribution >= 0.6 is 0 Å². The molecular weight excluding hydrogens is 220 g/mol. The molecule has 1 aromatic rings. The molecule has 1 aliphatic heterocycles. The lowest BCUT2D eigenvalue weighted by Gasteiger charge is -2.52. The average molecular weight is 236 g/mol. The number of H-pyrrole nitrogens is 1. The summed E-state index contributed by atoms with van der Waals surface area (Å²) in [6.45, 7) is 0.800. The van der Waals surface area contributed by atoms with Crippen LogP contribution in [0.2, 0.25) is 0 Å². The van der Waals surface area contributed by atoms with Crippen molar-refractivity contribution in [2.24, 2.45) is 11.7 Å². The van der Waals surface area contributed by atoms with Crippen molar-refractivity contribution >= 4 is 5.82 Å². The minimum atomic E-state index is -0.170. The van der Waals surface area contributed by atoms with Gasteiger partial charge in [-0.15, -0.1) is 0 Å². The van der Waals surface area contributed by atoms with Crippen LogP contribution in [0.15, 0.2) is 17.2 Å². The molecule has 4 N–H and O–H groups in total. The Balaban J connectivity index is 1.71. The van der Waals surface area contributed by atoms with Gasteiger partial charge < -0.3 is 20.8 Å². The van der Waals surface area contributed by atoms with E-state index in [1.807, 2.05) is 0 Å². The van der Waals surface area contributed by atoms with Gasteiger partial charge in [-0.3, -0.25) is 4.79 Å². The zero-order valence-corrected chi connectivity index (χ0v) is 9.43. The molecule has 0 aromatic carbocycles. The Morgan fingerprint density at radius 3 is 3.29 bits per heavy atom. The number of nitrogens with zero attached hydrogens (tertiary/aromatic N) is 1. The first-order valence-corrected chi connectivity index (χ1v) is 5.94. The molecule has 1 aliphatic carbocycles. The quantitative estimate of drug-likeness (QED) is 0.654. The predicted molar refractivity (Wildman–Crippen MR) is 62.7 cm³/mol. The smallest absolute Gasteiger partial charge is 0.252 e. The van der Waals surface area contributed by atoms with E-state index in [4.69, 9.17) is 10.5 Å². The first-order valence-electron chi connectivity index (χ1n) is 5.94. The van der Waals surface area contributed by atoms with Gasteiger partial charge in [0.25, 0.3) is 5.56 Å². The maximum absolute atomic E-state index is 11.1. The van der Waals surface area contributed by atoms with Gasteiger partial charge in [-0.25, -0.2) is 4.98 Å². The lowest BCUT2D eigenvalue weighted by atomic mass is 9.68. The van der Waals surface area contributed by atoms with Crippen LogP contribution in [-0.2, 0) is 4.74 Å². The second kappa shape index (κ2) is 4.12. The Hall–Kier alpha value is -1.40. The van der Waals surface area contributed by atoms with Crippen LogP contribution < -0.4 is 16.6 Å². The second-order valence-corrected chi connectivity index (χ2v) is 4.69. The van der Waals surface area contributed by atoms with Crippen molar-refractivity contribution in [3.05, 3.63) is 22.7 Å². The zero-order chi connectivity index (χ0) is 11.8. The van der Waals surface area contributed by atoms with Crippen molar-refractivity contribution in [3.8, 4) is 0 Å². The van der Waals surface area contributed by atoms with Crippen molar-refractivity contribution in [2.45, 2.75) is 31.0 Å². The molecular formula is C11H16N4O2. The molecule has 1 aromatic heterocycles. The topological polar surface area (TPSA) is 93.0 Å². The van der Waals surface area contributed by atoms with Crippen LogP contribution in [0, 0.1) is 5.92 Å². The van der Waals surface area contributed by atoms with Gasteiger partial charge >= 0.3 is 0 Å². The number of hydrogen-bond donors (Lipinski definition) is 3. The molecule has 6 nitrogen and oxygen atoms in total. The van der Waals surface area contributed by atoms with Gasteiger partial charge in [0.1, 0.15) is 5.82 Å². The SMILES string of the molecule is NC1C2CCCOC2C1Nc1cc(=O)[nH]cn1. The Kier molecular flexibility index (Phi) is 2.60. The minimum absolute atomic E-state index is 0.0644. The zero-order valence-electron chi connectivity index (χ0n) is 9.43. The van der Waals surface area contributed by atoms with Gasteiger partial charge in [-0.2, -0.15) is 0 Å². The lowest BCUT2D eigenvalue weighted by molar-refractivity contribution is -0.104. The van der Waals surface area contributed by atoms with Crippen LogP contribution in [0.4, 0.5) is 5.82 Å². The van der Waals surface area contributed by atoms with E-state index < -0.39 is 0 Å². The third-order valence-electron chi connectivity index (χ3n) is 3.67. The Morgan fingerprint density at radius 1 is 1.59 bits per heavy atom. The highest BCUT2D eigenvalue weighted by molar-refractivity contribution is 5.36. The largest absolute Gasteiger partial charge is 0.376 e. The number of ether oxygens (including phenoxy) is 1. The summed E-state index contributed by atoms with van der Waals surface area (Å²) in [7, 11) is 0. The Labute approximate surface area is 98.6 Å². The third-order valence-corrected chi connectivity index (χ3v) is 3.67. The molecule has 17 heavy (non-hydrogen) atoms. The van der Waals surface area contributed by atoms with Crippen molar-refractivity contribution in [1.29, 1.82) is 0 Å². The van der Waals surface area contributed by atoms with E-state index in [-0.39, 0.29) is 23.7 Å². The maximum Gasteiger partial charge on any atom is 0.252 e. The van der Waals surface area contributed by atoms with Crippen molar-refractivity contribution in [1.82, 2.24) is 9.97 Å². The van der Waals surface area contributed by atoms with Crippen LogP contribution in [0.3, 0.4) is 0 Å². The molecule has 0 amide bonds. The van der Waals surface area contributed by atoms with E-state index in [1.165, 1.54) is 12.4 Å². The molecule has 4 atom stereocenters. The van der Waals surface area contributed by atoms with E-state index in [0.717, 1.165) is 19.4 Å². The fourth-order valence-corrected chi connectivity index (χ4v) is 2.74. The summed E-state index contributed by atoms with van der Waals surface area (Å²) in [6.07, 6.45) is 3.77. The number of nitrogens with two attached hydrogens (primary N) is 1. The lowest BCUT2D eigenvalue weighted by Crippen LogP contribution is -2.69. The fraction of sp³-hybridized carbons (Fsp3) is 0.636. The van der Waals surface area contributed by atoms with Gasteiger partial charge in [0.2, 0.25) is 0 Å². The molecule has 92 valence electrons. The number of aromatic nitrogens is 2. The van der Waals surface area contributed by atoms with Crippen molar-refractivity contribution in [3.63, 3.8) is 0 Å². The monoisotopic (exact) mass is 236 g/mol. The number of hydrogen-bond acceptors (Lipinski definition) is 5. The molecule has 6 heteroatoms. The van der Waals surface area contributed by atoms with Crippen LogP contribution in [0.25, 0.3) is 0 Å². The van der Waals surface area contributed by atoms with E-state index in [2.05, 4.69) is 15.3 Å². The highest BCUT2D eigenvalue weighted by Crippen LogP contribution is 2.38. The van der Waals surface area contributed by atoms with E-state index in [1.54, 1.807) is 0 Å². The normalized spacial score (nSPS) is 35.8. The number of fused-ring (bicyclic) bond motifs is 1. The summed E-state index contributed by atoms with van der Waals surface area (Å²) in [5.41, 5.74) is 5.94. The van der Waals surface area contributed by atoms with Gasteiger partial charge in [-0.05, 0) is 12.8 Å². The number of nitrogens with one attached hydrogen (secondary N) is 2. The standard InChI is InChI=1S/C11H16N4O2/c12-9-6-2-1-3-17-11(6)10(9)15-7-4-8(16)14-5-13-7/h4-6,9-11H,1-3,12H2,(H2,13,14,15,16).